The van der Waals surface area contributed by atoms with Gasteiger partial charge >= 0.3 is 6.18 Å². The van der Waals surface area contributed by atoms with Crippen LogP contribution in [0.3, 0.4) is 0 Å². The summed E-state index contributed by atoms with van der Waals surface area (Å²) < 4.78 is 41.5. The number of ether oxygens (including phenoxy) is 1. The highest BCUT2D eigenvalue weighted by Gasteiger charge is 2.30. The Morgan fingerprint density at radius 2 is 1.88 bits per heavy atom. The summed E-state index contributed by atoms with van der Waals surface area (Å²) in [5, 5.41) is 2.57. The Balaban J connectivity index is 1.98. The van der Waals surface area contributed by atoms with Crippen molar-refractivity contribution in [2.75, 3.05) is 18.5 Å². The molecule has 2 rings (SSSR count). The lowest BCUT2D eigenvalue weighted by atomic mass is 10.2. The van der Waals surface area contributed by atoms with Gasteiger partial charge in [0.05, 0.1) is 5.69 Å². The fourth-order valence-corrected chi connectivity index (χ4v) is 2.36. The van der Waals surface area contributed by atoms with Crippen LogP contribution in [0.5, 0.6) is 5.75 Å². The van der Waals surface area contributed by atoms with E-state index in [9.17, 15) is 27.6 Å². The van der Waals surface area contributed by atoms with Crippen LogP contribution in [0.4, 0.5) is 18.9 Å². The molecule has 0 saturated carbocycles. The average Bonchev–Trinajstić information content (AvgIpc) is 2.82. The minimum atomic E-state index is -4.53. The van der Waals surface area contributed by atoms with Crippen molar-refractivity contribution >= 4 is 35.0 Å². The molecule has 1 fully saturated rings. The zero-order chi connectivity index (χ0) is 18.6. The number of benzene rings is 1. The zero-order valence-electron chi connectivity index (χ0n) is 12.9. The molecule has 0 bridgehead atoms. The number of nitrogens with zero attached hydrogens (tertiary/aromatic N) is 1. The van der Waals surface area contributed by atoms with Crippen molar-refractivity contribution in [3.63, 3.8) is 0 Å². The second kappa shape index (κ2) is 7.73. The van der Waals surface area contributed by atoms with Crippen LogP contribution in [0.1, 0.15) is 19.3 Å². The number of nitrogens with one attached hydrogen (secondary N) is 1. The Hall–Kier alpha value is -2.29. The lowest BCUT2D eigenvalue weighted by Gasteiger charge is -2.16. The third kappa shape index (κ3) is 5.63. The van der Waals surface area contributed by atoms with E-state index in [0.717, 1.165) is 4.90 Å². The van der Waals surface area contributed by atoms with Gasteiger partial charge in [0.15, 0.2) is 6.61 Å². The zero-order valence-corrected chi connectivity index (χ0v) is 13.6. The van der Waals surface area contributed by atoms with Crippen LogP contribution in [-0.2, 0) is 14.4 Å². The van der Waals surface area contributed by atoms with E-state index >= 15 is 0 Å². The number of likely N-dealkylation sites (tertiary alicyclic amines) is 1. The van der Waals surface area contributed by atoms with Crippen LogP contribution >= 0.6 is 11.6 Å². The monoisotopic (exact) mass is 378 g/mol. The van der Waals surface area contributed by atoms with E-state index in [2.05, 4.69) is 10.1 Å². The van der Waals surface area contributed by atoms with E-state index < -0.39 is 18.7 Å². The maximum absolute atomic E-state index is 12.3. The number of hydrogen-bond acceptors (Lipinski definition) is 4. The molecule has 1 heterocycles. The van der Waals surface area contributed by atoms with Gasteiger partial charge in [-0.3, -0.25) is 19.3 Å². The van der Waals surface area contributed by atoms with Gasteiger partial charge in [0, 0.05) is 30.8 Å². The smallest absolute Gasteiger partial charge is 0.422 e. The molecule has 0 aliphatic carbocycles. The molecule has 136 valence electrons. The van der Waals surface area contributed by atoms with E-state index in [0.29, 0.717) is 0 Å². The maximum Gasteiger partial charge on any atom is 0.422 e. The summed E-state index contributed by atoms with van der Waals surface area (Å²) in [6, 6.07) is 3.78. The molecular weight excluding hydrogens is 365 g/mol. The minimum Gasteiger partial charge on any atom is -0.482 e. The van der Waals surface area contributed by atoms with Crippen molar-refractivity contribution in [1.29, 1.82) is 0 Å². The van der Waals surface area contributed by atoms with Crippen molar-refractivity contribution in [2.45, 2.75) is 25.4 Å². The molecule has 1 aliphatic heterocycles. The molecule has 0 unspecified atom stereocenters. The van der Waals surface area contributed by atoms with Gasteiger partial charge in [-0.2, -0.15) is 13.2 Å². The number of hydrogen-bond donors (Lipinski definition) is 1. The molecule has 1 aliphatic rings. The van der Waals surface area contributed by atoms with E-state index in [1.807, 2.05) is 0 Å². The molecule has 0 radical (unpaired) electrons. The fourth-order valence-electron chi connectivity index (χ4n) is 2.18. The van der Waals surface area contributed by atoms with Crippen LogP contribution < -0.4 is 10.1 Å². The number of amides is 3. The molecule has 1 N–H and O–H groups in total. The standard InChI is InChI=1S/C15H14ClF3N2O4/c16-9-1-2-11(25-8-15(17,18)19)10(7-9)20-12(22)5-6-21-13(23)3-4-14(21)24/h1-2,7H,3-6,8H2,(H,20,22). The molecule has 1 saturated heterocycles. The highest BCUT2D eigenvalue weighted by atomic mass is 35.5. The summed E-state index contributed by atoms with van der Waals surface area (Å²) in [4.78, 5) is 35.9. The molecule has 0 atom stereocenters. The number of alkyl halides is 3. The topological polar surface area (TPSA) is 75.7 Å². The second-order valence-corrected chi connectivity index (χ2v) is 5.72. The normalized spacial score (nSPS) is 14.8. The summed E-state index contributed by atoms with van der Waals surface area (Å²) in [6.07, 6.45) is -4.49. The number of anilines is 1. The van der Waals surface area contributed by atoms with E-state index in [1.54, 1.807) is 0 Å². The molecule has 1 aromatic rings. The fraction of sp³-hybridized carbons (Fsp3) is 0.400. The van der Waals surface area contributed by atoms with Crippen LogP contribution in [0, 0.1) is 0 Å². The highest BCUT2D eigenvalue weighted by Crippen LogP contribution is 2.30. The molecule has 10 heteroatoms. The first kappa shape index (κ1) is 19.0. The van der Waals surface area contributed by atoms with Gasteiger partial charge < -0.3 is 10.1 Å². The average molecular weight is 379 g/mol. The summed E-state index contributed by atoms with van der Waals surface area (Å²) in [5.41, 5.74) is -0.0270. The first-order valence-electron chi connectivity index (χ1n) is 7.28. The highest BCUT2D eigenvalue weighted by molar-refractivity contribution is 6.31. The molecule has 1 aromatic carbocycles. The van der Waals surface area contributed by atoms with Crippen LogP contribution in [0.2, 0.25) is 5.02 Å². The third-order valence-electron chi connectivity index (χ3n) is 3.32. The van der Waals surface area contributed by atoms with Crippen molar-refractivity contribution in [1.82, 2.24) is 4.90 Å². The molecular formula is C15H14ClF3N2O4. The first-order chi connectivity index (χ1) is 11.7. The van der Waals surface area contributed by atoms with Gasteiger partial charge in [-0.1, -0.05) is 11.6 Å². The molecule has 3 amide bonds. The van der Waals surface area contributed by atoms with Gasteiger partial charge in [-0.05, 0) is 18.2 Å². The lowest BCUT2D eigenvalue weighted by molar-refractivity contribution is -0.153. The van der Waals surface area contributed by atoms with Gasteiger partial charge in [0.1, 0.15) is 5.75 Å². The Kier molecular flexibility index (Phi) is 5.89. The van der Waals surface area contributed by atoms with Gasteiger partial charge in [0.2, 0.25) is 17.7 Å². The Morgan fingerprint density at radius 1 is 1.24 bits per heavy atom. The van der Waals surface area contributed by atoms with E-state index in [-0.39, 0.29) is 54.1 Å². The van der Waals surface area contributed by atoms with Crippen LogP contribution in [-0.4, -0.2) is 41.9 Å². The summed E-state index contributed by atoms with van der Waals surface area (Å²) in [6.45, 7) is -1.61. The van der Waals surface area contributed by atoms with Crippen molar-refractivity contribution in [3.8, 4) is 5.75 Å². The number of halogens is 4. The Morgan fingerprint density at radius 3 is 2.48 bits per heavy atom. The number of imide groups is 1. The first-order valence-corrected chi connectivity index (χ1v) is 7.65. The summed E-state index contributed by atoms with van der Waals surface area (Å²) in [7, 11) is 0. The van der Waals surface area contributed by atoms with Crippen molar-refractivity contribution in [2.24, 2.45) is 0 Å². The third-order valence-corrected chi connectivity index (χ3v) is 3.56. The summed E-state index contributed by atoms with van der Waals surface area (Å²) in [5.74, 6) is -1.49. The number of carbonyl (C=O) groups excluding carboxylic acids is 3. The van der Waals surface area contributed by atoms with Gasteiger partial charge in [-0.15, -0.1) is 0 Å². The number of rotatable bonds is 6. The lowest BCUT2D eigenvalue weighted by Crippen LogP contribution is -2.32. The Bertz CT molecular complexity index is 678. The van der Waals surface area contributed by atoms with Crippen LogP contribution in [0.15, 0.2) is 18.2 Å². The Labute approximate surface area is 145 Å². The minimum absolute atomic E-state index is 0.0270. The van der Waals surface area contributed by atoms with Crippen molar-refractivity contribution < 1.29 is 32.3 Å². The van der Waals surface area contributed by atoms with E-state index in [4.69, 9.17) is 11.6 Å². The molecule has 25 heavy (non-hydrogen) atoms. The summed E-state index contributed by atoms with van der Waals surface area (Å²) >= 11 is 5.78. The largest absolute Gasteiger partial charge is 0.482 e. The second-order valence-electron chi connectivity index (χ2n) is 5.28. The SMILES string of the molecule is O=C(CCN1C(=O)CCC1=O)Nc1cc(Cl)ccc1OCC(F)(F)F. The van der Waals surface area contributed by atoms with E-state index in [1.165, 1.54) is 18.2 Å². The quantitative estimate of drug-likeness (QED) is 0.772. The number of carbonyl (C=O) groups is 3. The van der Waals surface area contributed by atoms with Gasteiger partial charge in [0.25, 0.3) is 0 Å². The maximum atomic E-state index is 12.3. The van der Waals surface area contributed by atoms with Crippen molar-refractivity contribution in [3.05, 3.63) is 23.2 Å². The van der Waals surface area contributed by atoms with Gasteiger partial charge in [-0.25, -0.2) is 0 Å². The molecule has 6 nitrogen and oxygen atoms in total. The predicted octanol–water partition coefficient (Wildman–Crippen LogP) is 2.76. The molecule has 0 spiro atoms. The van der Waals surface area contributed by atoms with Crippen LogP contribution in [0.25, 0.3) is 0 Å². The predicted molar refractivity (Wildman–Crippen MR) is 82.2 cm³/mol. The molecule has 0 aromatic heterocycles.